The SMILES string of the molecule is FCCC(F)(F)C(F)C=C(F)F. The van der Waals surface area contributed by atoms with Gasteiger partial charge in [0.25, 0.3) is 12.0 Å². The number of halogens is 6. The number of hydrogen-bond acceptors (Lipinski definition) is 0. The highest BCUT2D eigenvalue weighted by Gasteiger charge is 2.38. The van der Waals surface area contributed by atoms with E-state index in [-0.39, 0.29) is 0 Å². The Balaban J connectivity index is 4.24. The normalized spacial score (nSPS) is 14.2. The van der Waals surface area contributed by atoms with Crippen LogP contribution < -0.4 is 0 Å². The van der Waals surface area contributed by atoms with Crippen LogP contribution in [0.15, 0.2) is 12.2 Å². The van der Waals surface area contributed by atoms with E-state index in [1.807, 2.05) is 0 Å². The van der Waals surface area contributed by atoms with E-state index >= 15 is 0 Å². The lowest BCUT2D eigenvalue weighted by atomic mass is 10.1. The fourth-order valence-corrected chi connectivity index (χ4v) is 0.496. The van der Waals surface area contributed by atoms with E-state index in [2.05, 4.69) is 0 Å². The Morgan fingerprint density at radius 2 is 1.83 bits per heavy atom. The van der Waals surface area contributed by atoms with E-state index < -0.39 is 37.3 Å². The molecule has 0 bridgehead atoms. The second-order valence-electron chi connectivity index (χ2n) is 2.06. The zero-order valence-corrected chi connectivity index (χ0v) is 5.84. The van der Waals surface area contributed by atoms with Crippen LogP contribution in [0.25, 0.3) is 0 Å². The Bertz CT molecular complexity index is 159. The Hall–Kier alpha value is -0.680. The summed E-state index contributed by atoms with van der Waals surface area (Å²) in [5.74, 6) is -4.06. The third-order valence-electron chi connectivity index (χ3n) is 1.10. The molecule has 0 saturated heterocycles. The Morgan fingerprint density at radius 3 is 2.17 bits per heavy atom. The summed E-state index contributed by atoms with van der Waals surface area (Å²) in [6, 6.07) is 0. The van der Waals surface area contributed by atoms with Gasteiger partial charge in [-0.05, 0) is 0 Å². The molecule has 0 saturated carbocycles. The standard InChI is InChI=1S/C6H6F6/c7-2-1-6(11,12)4(8)3-5(9)10/h3-4H,1-2H2. The third-order valence-corrected chi connectivity index (χ3v) is 1.10. The Labute approximate surface area is 64.9 Å². The molecule has 1 unspecified atom stereocenters. The molecule has 12 heavy (non-hydrogen) atoms. The highest BCUT2D eigenvalue weighted by Crippen LogP contribution is 2.27. The molecule has 0 aromatic carbocycles. The van der Waals surface area contributed by atoms with E-state index in [9.17, 15) is 26.3 Å². The topological polar surface area (TPSA) is 0 Å². The van der Waals surface area contributed by atoms with Gasteiger partial charge in [-0.2, -0.15) is 8.78 Å². The molecule has 0 radical (unpaired) electrons. The summed E-state index contributed by atoms with van der Waals surface area (Å²) < 4.78 is 70.3. The van der Waals surface area contributed by atoms with Gasteiger partial charge in [0.05, 0.1) is 6.67 Å². The van der Waals surface area contributed by atoms with Crippen LogP contribution in [0.2, 0.25) is 0 Å². The fraction of sp³-hybridized carbons (Fsp3) is 0.667. The molecule has 72 valence electrons. The van der Waals surface area contributed by atoms with Crippen LogP contribution in [0.3, 0.4) is 0 Å². The minimum Gasteiger partial charge on any atom is -0.251 e. The molecular weight excluding hydrogens is 186 g/mol. The number of alkyl halides is 4. The van der Waals surface area contributed by atoms with Gasteiger partial charge in [-0.25, -0.2) is 13.2 Å². The smallest absolute Gasteiger partial charge is 0.251 e. The van der Waals surface area contributed by atoms with Crippen molar-refractivity contribution in [2.75, 3.05) is 6.67 Å². The largest absolute Gasteiger partial charge is 0.284 e. The second-order valence-corrected chi connectivity index (χ2v) is 2.06. The van der Waals surface area contributed by atoms with Crippen molar-refractivity contribution in [3.8, 4) is 0 Å². The first-order valence-electron chi connectivity index (χ1n) is 3.01. The molecule has 6 heteroatoms. The molecular formula is C6H6F6. The molecule has 0 fully saturated rings. The molecule has 0 aliphatic rings. The third kappa shape index (κ3) is 3.64. The Kier molecular flexibility index (Phi) is 4.12. The second kappa shape index (κ2) is 4.37. The van der Waals surface area contributed by atoms with Crippen molar-refractivity contribution in [1.29, 1.82) is 0 Å². The summed E-state index contributed by atoms with van der Waals surface area (Å²) in [7, 11) is 0. The van der Waals surface area contributed by atoms with Gasteiger partial charge in [-0.15, -0.1) is 0 Å². The van der Waals surface area contributed by atoms with Crippen LogP contribution in [0.1, 0.15) is 6.42 Å². The molecule has 0 aliphatic heterocycles. The van der Waals surface area contributed by atoms with E-state index in [1.165, 1.54) is 0 Å². The van der Waals surface area contributed by atoms with Crippen LogP contribution in [0.4, 0.5) is 26.3 Å². The molecule has 0 aromatic rings. The predicted molar refractivity (Wildman–Crippen MR) is 30.7 cm³/mol. The molecule has 0 N–H and O–H groups in total. The summed E-state index contributed by atoms with van der Waals surface area (Å²) >= 11 is 0. The van der Waals surface area contributed by atoms with E-state index in [0.717, 1.165) is 0 Å². The lowest BCUT2D eigenvalue weighted by Gasteiger charge is -2.15. The van der Waals surface area contributed by atoms with E-state index in [4.69, 9.17) is 0 Å². The maximum Gasteiger partial charge on any atom is 0.284 e. The van der Waals surface area contributed by atoms with Crippen molar-refractivity contribution in [1.82, 2.24) is 0 Å². The highest BCUT2D eigenvalue weighted by molar-refractivity contribution is 4.96. The lowest BCUT2D eigenvalue weighted by Crippen LogP contribution is -2.29. The van der Waals surface area contributed by atoms with Crippen molar-refractivity contribution in [3.05, 3.63) is 12.2 Å². The van der Waals surface area contributed by atoms with Gasteiger partial charge in [0.1, 0.15) is 0 Å². The predicted octanol–water partition coefficient (Wildman–Crippen LogP) is 3.10. The van der Waals surface area contributed by atoms with Gasteiger partial charge < -0.3 is 0 Å². The van der Waals surface area contributed by atoms with Gasteiger partial charge in [0.2, 0.25) is 0 Å². The quantitative estimate of drug-likeness (QED) is 0.600. The minimum absolute atomic E-state index is 0.532. The first kappa shape index (κ1) is 11.3. The van der Waals surface area contributed by atoms with Crippen molar-refractivity contribution in [3.63, 3.8) is 0 Å². The number of rotatable bonds is 4. The van der Waals surface area contributed by atoms with Crippen molar-refractivity contribution < 1.29 is 26.3 Å². The molecule has 0 aliphatic carbocycles. The summed E-state index contributed by atoms with van der Waals surface area (Å²) in [5.41, 5.74) is 0. The minimum atomic E-state index is -4.06. The maximum atomic E-state index is 12.2. The monoisotopic (exact) mass is 192 g/mol. The average molecular weight is 192 g/mol. The van der Waals surface area contributed by atoms with Crippen LogP contribution in [0, 0.1) is 0 Å². The summed E-state index contributed by atoms with van der Waals surface area (Å²) in [4.78, 5) is 0. The zero-order chi connectivity index (χ0) is 9.78. The van der Waals surface area contributed by atoms with Crippen LogP contribution in [-0.4, -0.2) is 18.8 Å². The summed E-state index contributed by atoms with van der Waals surface area (Å²) in [6.45, 7) is -1.45. The number of hydrogen-bond donors (Lipinski definition) is 0. The summed E-state index contributed by atoms with van der Waals surface area (Å²) in [5, 5.41) is 0. The molecule has 0 rings (SSSR count). The number of allylic oxidation sites excluding steroid dienone is 1. The van der Waals surface area contributed by atoms with Gasteiger partial charge in [-0.3, -0.25) is 4.39 Å². The van der Waals surface area contributed by atoms with E-state index in [0.29, 0.717) is 0 Å². The zero-order valence-electron chi connectivity index (χ0n) is 5.84. The molecule has 0 aromatic heterocycles. The first-order chi connectivity index (χ1) is 5.40. The lowest BCUT2D eigenvalue weighted by molar-refractivity contribution is -0.0649. The summed E-state index contributed by atoms with van der Waals surface area (Å²) in [6.07, 6.45) is -7.59. The van der Waals surface area contributed by atoms with Gasteiger partial charge in [0, 0.05) is 12.5 Å². The maximum absolute atomic E-state index is 12.2. The molecule has 0 nitrogen and oxygen atoms in total. The highest BCUT2D eigenvalue weighted by atomic mass is 19.3. The van der Waals surface area contributed by atoms with Crippen LogP contribution >= 0.6 is 0 Å². The van der Waals surface area contributed by atoms with Crippen molar-refractivity contribution in [2.45, 2.75) is 18.5 Å². The molecule has 0 heterocycles. The van der Waals surface area contributed by atoms with E-state index in [1.54, 1.807) is 0 Å². The van der Waals surface area contributed by atoms with Crippen molar-refractivity contribution >= 4 is 0 Å². The van der Waals surface area contributed by atoms with Crippen LogP contribution in [0.5, 0.6) is 0 Å². The Morgan fingerprint density at radius 1 is 1.33 bits per heavy atom. The van der Waals surface area contributed by atoms with Gasteiger partial charge in [-0.1, -0.05) is 0 Å². The van der Waals surface area contributed by atoms with Crippen molar-refractivity contribution in [2.24, 2.45) is 0 Å². The molecule has 1 atom stereocenters. The molecule has 0 spiro atoms. The first-order valence-corrected chi connectivity index (χ1v) is 3.01. The average Bonchev–Trinajstić information content (AvgIpc) is 1.85. The molecule has 0 amide bonds. The van der Waals surface area contributed by atoms with Crippen LogP contribution in [-0.2, 0) is 0 Å². The van der Waals surface area contributed by atoms with Gasteiger partial charge >= 0.3 is 0 Å². The fourth-order valence-electron chi connectivity index (χ4n) is 0.496. The van der Waals surface area contributed by atoms with Gasteiger partial charge in [0.15, 0.2) is 6.17 Å².